The van der Waals surface area contributed by atoms with Crippen molar-refractivity contribution in [3.8, 4) is 0 Å². The molecule has 2 heteroatoms. The molecule has 0 bridgehead atoms. The van der Waals surface area contributed by atoms with E-state index < -0.39 is 0 Å². The van der Waals surface area contributed by atoms with E-state index in [2.05, 4.69) is 18.3 Å². The highest BCUT2D eigenvalue weighted by atomic mass is 16.3. The van der Waals surface area contributed by atoms with E-state index in [-0.39, 0.29) is 6.61 Å². The summed E-state index contributed by atoms with van der Waals surface area (Å²) in [4.78, 5) is 0. The van der Waals surface area contributed by atoms with Gasteiger partial charge in [-0.2, -0.15) is 0 Å². The number of aliphatic hydroxyl groups is 1. The topological polar surface area (TPSA) is 32.3 Å². The Balaban J connectivity index is 3.01. The molecule has 0 saturated heterocycles. The molecule has 2 N–H and O–H groups in total. The van der Waals surface area contributed by atoms with Crippen LogP contribution in [0.3, 0.4) is 0 Å². The summed E-state index contributed by atoms with van der Waals surface area (Å²) in [5.41, 5.74) is 0. The van der Waals surface area contributed by atoms with Crippen LogP contribution in [0.5, 0.6) is 0 Å². The van der Waals surface area contributed by atoms with E-state index >= 15 is 0 Å². The number of rotatable bonds is 24. The molecule has 0 aliphatic carbocycles. The largest absolute Gasteiger partial charge is 0.396 e. The first-order chi connectivity index (χ1) is 13.9. The van der Waals surface area contributed by atoms with Crippen molar-refractivity contribution < 1.29 is 5.11 Å². The van der Waals surface area contributed by atoms with Crippen molar-refractivity contribution in [2.24, 2.45) is 0 Å². The van der Waals surface area contributed by atoms with Crippen molar-refractivity contribution in [3.63, 3.8) is 0 Å². The number of nitrogens with one attached hydrogen (secondary N) is 1. The van der Waals surface area contributed by atoms with Gasteiger partial charge in [-0.15, -0.1) is 0 Å². The van der Waals surface area contributed by atoms with Crippen molar-refractivity contribution >= 4 is 0 Å². The molecular weight excluding hydrogens is 342 g/mol. The first-order valence-corrected chi connectivity index (χ1v) is 12.9. The Morgan fingerprint density at radius 1 is 0.536 bits per heavy atom. The van der Waals surface area contributed by atoms with Crippen LogP contribution in [0.4, 0.5) is 0 Å². The second-order valence-electron chi connectivity index (χ2n) is 8.59. The molecule has 2 nitrogen and oxygen atoms in total. The predicted molar refractivity (Wildman–Crippen MR) is 127 cm³/mol. The maximum absolute atomic E-state index is 8.68. The zero-order valence-electron chi connectivity index (χ0n) is 19.4. The first-order valence-electron chi connectivity index (χ1n) is 12.9. The lowest BCUT2D eigenvalue weighted by atomic mass is 10.0. The highest BCUT2D eigenvalue weighted by Gasteiger charge is 1.95. The molecule has 0 heterocycles. The van der Waals surface area contributed by atoms with Crippen molar-refractivity contribution in [1.82, 2.24) is 5.32 Å². The zero-order chi connectivity index (χ0) is 20.4. The highest BCUT2D eigenvalue weighted by Crippen LogP contribution is 2.14. The van der Waals surface area contributed by atoms with E-state index in [1.807, 2.05) is 6.20 Å². The SMILES string of the molecule is CCCCCCCCCCCCCCCCCCCCCC=CNCCCO. The minimum absolute atomic E-state index is 0.278. The summed E-state index contributed by atoms with van der Waals surface area (Å²) in [6.07, 6.45) is 33.7. The summed E-state index contributed by atoms with van der Waals surface area (Å²) < 4.78 is 0. The van der Waals surface area contributed by atoms with Gasteiger partial charge in [0.2, 0.25) is 0 Å². The van der Waals surface area contributed by atoms with Gasteiger partial charge in [-0.05, 0) is 25.5 Å². The molecule has 0 aromatic rings. The molecule has 0 radical (unpaired) electrons. The summed E-state index contributed by atoms with van der Waals surface area (Å²) in [5, 5.41) is 11.9. The minimum atomic E-state index is 0.278. The number of allylic oxidation sites excluding steroid dienone is 1. The van der Waals surface area contributed by atoms with Crippen LogP contribution in [0.2, 0.25) is 0 Å². The van der Waals surface area contributed by atoms with Gasteiger partial charge in [-0.25, -0.2) is 0 Å². The van der Waals surface area contributed by atoms with E-state index in [1.54, 1.807) is 0 Å². The third-order valence-corrected chi connectivity index (χ3v) is 5.69. The molecule has 0 spiro atoms. The summed E-state index contributed by atoms with van der Waals surface area (Å²) in [6.45, 7) is 3.45. The number of hydrogen-bond donors (Lipinski definition) is 2. The Hall–Kier alpha value is -0.500. The van der Waals surface area contributed by atoms with Gasteiger partial charge in [0, 0.05) is 13.2 Å². The monoisotopic (exact) mass is 395 g/mol. The molecule has 0 aliphatic rings. The van der Waals surface area contributed by atoms with Gasteiger partial charge >= 0.3 is 0 Å². The molecule has 0 rings (SSSR count). The molecule has 0 atom stereocenters. The van der Waals surface area contributed by atoms with Gasteiger partial charge in [0.1, 0.15) is 0 Å². The fraction of sp³-hybridized carbons (Fsp3) is 0.923. The molecular formula is C26H53NO. The Labute approximate surface area is 178 Å². The molecule has 0 amide bonds. The maximum atomic E-state index is 8.68. The molecule has 0 fully saturated rings. The third-order valence-electron chi connectivity index (χ3n) is 5.69. The minimum Gasteiger partial charge on any atom is -0.396 e. The van der Waals surface area contributed by atoms with E-state index in [0.717, 1.165) is 13.0 Å². The van der Waals surface area contributed by atoms with E-state index in [9.17, 15) is 0 Å². The van der Waals surface area contributed by atoms with Gasteiger partial charge in [-0.1, -0.05) is 129 Å². The van der Waals surface area contributed by atoms with Crippen LogP contribution in [0.1, 0.15) is 142 Å². The molecule has 0 unspecified atom stereocenters. The van der Waals surface area contributed by atoms with Crippen molar-refractivity contribution in [1.29, 1.82) is 0 Å². The number of unbranched alkanes of at least 4 members (excludes halogenated alkanes) is 19. The average Bonchev–Trinajstić information content (AvgIpc) is 2.71. The Bertz CT molecular complexity index is 290. The lowest BCUT2D eigenvalue weighted by Crippen LogP contribution is -2.07. The molecule has 168 valence electrons. The van der Waals surface area contributed by atoms with Crippen LogP contribution in [0.25, 0.3) is 0 Å². The van der Waals surface area contributed by atoms with Gasteiger partial charge in [-0.3, -0.25) is 0 Å². The molecule has 0 aromatic heterocycles. The average molecular weight is 396 g/mol. The highest BCUT2D eigenvalue weighted by molar-refractivity contribution is 4.78. The van der Waals surface area contributed by atoms with Crippen LogP contribution in [-0.2, 0) is 0 Å². The fourth-order valence-corrected chi connectivity index (χ4v) is 3.77. The maximum Gasteiger partial charge on any atom is 0.0447 e. The summed E-state index contributed by atoms with van der Waals surface area (Å²) >= 11 is 0. The van der Waals surface area contributed by atoms with Crippen molar-refractivity contribution in [3.05, 3.63) is 12.3 Å². The summed E-state index contributed by atoms with van der Waals surface area (Å²) in [7, 11) is 0. The van der Waals surface area contributed by atoms with Crippen molar-refractivity contribution in [2.45, 2.75) is 142 Å². The predicted octanol–water partition coefficient (Wildman–Crippen LogP) is 8.29. The van der Waals surface area contributed by atoms with E-state index in [4.69, 9.17) is 5.11 Å². The van der Waals surface area contributed by atoms with Crippen molar-refractivity contribution in [2.75, 3.05) is 13.2 Å². The fourth-order valence-electron chi connectivity index (χ4n) is 3.77. The van der Waals surface area contributed by atoms with Crippen LogP contribution < -0.4 is 5.32 Å². The third kappa shape index (κ3) is 25.5. The molecule has 0 aliphatic heterocycles. The second kappa shape index (κ2) is 26.5. The Morgan fingerprint density at radius 2 is 0.929 bits per heavy atom. The quantitative estimate of drug-likeness (QED) is 0.161. The summed E-state index contributed by atoms with van der Waals surface area (Å²) in [5.74, 6) is 0. The number of aliphatic hydroxyl groups excluding tert-OH is 1. The molecule has 0 saturated carbocycles. The second-order valence-corrected chi connectivity index (χ2v) is 8.59. The van der Waals surface area contributed by atoms with Crippen LogP contribution in [-0.4, -0.2) is 18.3 Å². The Kier molecular flexibility index (Phi) is 26.0. The number of hydrogen-bond acceptors (Lipinski definition) is 2. The summed E-state index contributed by atoms with van der Waals surface area (Å²) in [6, 6.07) is 0. The zero-order valence-corrected chi connectivity index (χ0v) is 19.4. The van der Waals surface area contributed by atoms with E-state index in [1.165, 1.54) is 128 Å². The molecule has 28 heavy (non-hydrogen) atoms. The smallest absolute Gasteiger partial charge is 0.0447 e. The van der Waals surface area contributed by atoms with Crippen LogP contribution >= 0.6 is 0 Å². The van der Waals surface area contributed by atoms with E-state index in [0.29, 0.717) is 0 Å². The van der Waals surface area contributed by atoms with Crippen LogP contribution in [0.15, 0.2) is 12.3 Å². The lowest BCUT2D eigenvalue weighted by molar-refractivity contribution is 0.288. The van der Waals surface area contributed by atoms with Gasteiger partial charge < -0.3 is 10.4 Å². The standard InChI is InChI=1S/C26H53NO/c1-2-3-4-5-6-7-8-9-10-11-12-13-14-15-16-17-18-19-20-21-22-24-27-25-23-26-28/h22,24,27-28H,2-21,23,25-26H2,1H3. The first kappa shape index (κ1) is 27.5. The van der Waals surface area contributed by atoms with Gasteiger partial charge in [0.05, 0.1) is 0 Å². The van der Waals surface area contributed by atoms with Crippen LogP contribution in [0, 0.1) is 0 Å². The Morgan fingerprint density at radius 3 is 1.32 bits per heavy atom. The lowest BCUT2D eigenvalue weighted by Gasteiger charge is -2.04. The molecule has 0 aromatic carbocycles. The van der Waals surface area contributed by atoms with Gasteiger partial charge in [0.25, 0.3) is 0 Å². The van der Waals surface area contributed by atoms with Gasteiger partial charge in [0.15, 0.2) is 0 Å². The normalized spacial score (nSPS) is 11.5.